The molecule has 0 bridgehead atoms. The number of allylic oxidation sites excluding steroid dienone is 13. The summed E-state index contributed by atoms with van der Waals surface area (Å²) in [6, 6.07) is -0.914. The summed E-state index contributed by atoms with van der Waals surface area (Å²) in [6.45, 7) is 2.57. The average Bonchev–Trinajstić information content (AvgIpc) is 3.41. The molecule has 1 amide bonds. The van der Waals surface area contributed by atoms with Crippen LogP contribution in [-0.4, -0.2) is 140 Å². The van der Waals surface area contributed by atoms with Gasteiger partial charge < -0.3 is 65.1 Å². The quantitative estimate of drug-likeness (QED) is 0.0205. The third-order valence-electron chi connectivity index (χ3n) is 13.8. The Kier molecular flexibility index (Phi) is 42.0. The van der Waals surface area contributed by atoms with Gasteiger partial charge in [-0.1, -0.05) is 208 Å². The van der Waals surface area contributed by atoms with Gasteiger partial charge in [0, 0.05) is 6.42 Å². The van der Waals surface area contributed by atoms with E-state index in [0.29, 0.717) is 6.42 Å². The van der Waals surface area contributed by atoms with Crippen LogP contribution in [0, 0.1) is 0 Å². The molecular formula is C61H105NO13. The number of carbonyl (C=O) groups excluding carboxylic acids is 1. The maximum atomic E-state index is 13.1. The molecule has 432 valence electrons. The highest BCUT2D eigenvalue weighted by Crippen LogP contribution is 2.30. The number of amides is 1. The number of hydrogen-bond acceptors (Lipinski definition) is 13. The minimum atomic E-state index is -1.79. The molecule has 2 aliphatic rings. The van der Waals surface area contributed by atoms with Crippen LogP contribution in [0.15, 0.2) is 85.1 Å². The Hall–Kier alpha value is -2.83. The molecule has 0 aromatic carbocycles. The summed E-state index contributed by atoms with van der Waals surface area (Å²) in [5.74, 6) is -0.248. The van der Waals surface area contributed by atoms with Gasteiger partial charge in [0.25, 0.3) is 0 Å². The number of aliphatic hydroxyl groups is 8. The third-order valence-corrected chi connectivity index (χ3v) is 13.8. The van der Waals surface area contributed by atoms with E-state index >= 15 is 0 Å². The molecular weight excluding hydrogens is 955 g/mol. The standard InChI is InChI=1S/C61H105NO13/c1-3-5-7-9-11-12-13-14-15-16-17-18-19-20-21-22-23-24-25-26-27-28-29-30-31-32-33-34-35-36-37-38-39-41-43-45-53(66)62-49(50(65)44-42-40-10-8-6-4-2)48-72-60-58(71)56(69)59(52(47-64)74-60)75-61-57(70)55(68)54(67)51(46-63)73-61/h5,7,11-12,14-15,17-18,20-21,23-24,42,44,49-52,54-61,63-65,67-71H,3-4,6,8-10,13,16,19,22,25-41,43,45-48H2,1-2H3,(H,62,66)/b7-5-,12-11-,15-14-,18-17-,21-20-,24-23-,44-42+. The molecule has 14 nitrogen and oxygen atoms in total. The summed E-state index contributed by atoms with van der Waals surface area (Å²) in [6.07, 6.45) is 45.5. The fourth-order valence-corrected chi connectivity index (χ4v) is 9.12. The van der Waals surface area contributed by atoms with Gasteiger partial charge in [-0.05, 0) is 70.6 Å². The Morgan fingerprint density at radius 1 is 0.493 bits per heavy atom. The fourth-order valence-electron chi connectivity index (χ4n) is 9.12. The number of carbonyl (C=O) groups is 1. The first kappa shape index (κ1) is 68.3. The van der Waals surface area contributed by atoms with E-state index in [2.05, 4.69) is 92.1 Å². The van der Waals surface area contributed by atoms with Gasteiger partial charge in [0.2, 0.25) is 5.91 Å². The molecule has 14 heteroatoms. The topological polar surface area (TPSA) is 228 Å². The van der Waals surface area contributed by atoms with Crippen LogP contribution in [0.1, 0.15) is 200 Å². The van der Waals surface area contributed by atoms with E-state index in [1.165, 1.54) is 83.5 Å². The van der Waals surface area contributed by atoms with Crippen molar-refractivity contribution in [3.8, 4) is 0 Å². The van der Waals surface area contributed by atoms with Crippen molar-refractivity contribution < 1.29 is 64.6 Å². The molecule has 75 heavy (non-hydrogen) atoms. The van der Waals surface area contributed by atoms with Crippen LogP contribution in [0.2, 0.25) is 0 Å². The van der Waals surface area contributed by atoms with E-state index in [0.717, 1.165) is 89.9 Å². The van der Waals surface area contributed by atoms with E-state index in [-0.39, 0.29) is 18.9 Å². The van der Waals surface area contributed by atoms with Gasteiger partial charge in [-0.25, -0.2) is 0 Å². The molecule has 12 unspecified atom stereocenters. The molecule has 9 N–H and O–H groups in total. The predicted molar refractivity (Wildman–Crippen MR) is 300 cm³/mol. The minimum Gasteiger partial charge on any atom is -0.394 e. The molecule has 2 aliphatic heterocycles. The van der Waals surface area contributed by atoms with Crippen molar-refractivity contribution in [3.05, 3.63) is 85.1 Å². The largest absolute Gasteiger partial charge is 0.394 e. The van der Waals surface area contributed by atoms with Crippen molar-refractivity contribution in [1.29, 1.82) is 0 Å². The molecule has 0 saturated carbocycles. The van der Waals surface area contributed by atoms with E-state index in [4.69, 9.17) is 18.9 Å². The first-order valence-corrected chi connectivity index (χ1v) is 29.3. The zero-order valence-electron chi connectivity index (χ0n) is 46.3. The molecule has 2 fully saturated rings. The van der Waals surface area contributed by atoms with Crippen molar-refractivity contribution in [2.75, 3.05) is 19.8 Å². The summed E-state index contributed by atoms with van der Waals surface area (Å²) in [7, 11) is 0. The van der Waals surface area contributed by atoms with Crippen LogP contribution in [0.25, 0.3) is 0 Å². The Morgan fingerprint density at radius 3 is 1.41 bits per heavy atom. The average molecular weight is 1060 g/mol. The fraction of sp³-hybridized carbons (Fsp3) is 0.754. The molecule has 0 aromatic rings. The Balaban J connectivity index is 1.55. The normalized spacial score (nSPS) is 25.7. The second kappa shape index (κ2) is 46.1. The third kappa shape index (κ3) is 32.0. The molecule has 0 aromatic heterocycles. The van der Waals surface area contributed by atoms with Crippen LogP contribution >= 0.6 is 0 Å². The highest BCUT2D eigenvalue weighted by Gasteiger charge is 2.51. The highest BCUT2D eigenvalue weighted by atomic mass is 16.7. The molecule has 12 atom stereocenters. The lowest BCUT2D eigenvalue weighted by Gasteiger charge is -2.46. The molecule has 2 saturated heterocycles. The van der Waals surface area contributed by atoms with Crippen LogP contribution in [0.4, 0.5) is 0 Å². The van der Waals surface area contributed by atoms with Crippen molar-refractivity contribution >= 4 is 5.91 Å². The van der Waals surface area contributed by atoms with Gasteiger partial charge in [0.15, 0.2) is 12.6 Å². The number of nitrogens with one attached hydrogen (secondary N) is 1. The second-order valence-electron chi connectivity index (χ2n) is 20.4. The van der Waals surface area contributed by atoms with Crippen molar-refractivity contribution in [2.45, 2.75) is 274 Å². The van der Waals surface area contributed by atoms with Crippen LogP contribution in [-0.2, 0) is 23.7 Å². The summed E-state index contributed by atoms with van der Waals surface area (Å²) in [5, 5.41) is 86.5. The van der Waals surface area contributed by atoms with Crippen LogP contribution in [0.3, 0.4) is 0 Å². The summed E-state index contributed by atoms with van der Waals surface area (Å²) in [5.41, 5.74) is 0. The first-order valence-electron chi connectivity index (χ1n) is 29.3. The monoisotopic (exact) mass is 1060 g/mol. The van der Waals surface area contributed by atoms with Gasteiger partial charge in [-0.2, -0.15) is 0 Å². The van der Waals surface area contributed by atoms with E-state index in [1.807, 2.05) is 6.08 Å². The second-order valence-corrected chi connectivity index (χ2v) is 20.4. The zero-order chi connectivity index (χ0) is 54.6. The maximum absolute atomic E-state index is 13.1. The Morgan fingerprint density at radius 2 is 0.920 bits per heavy atom. The molecule has 2 heterocycles. The molecule has 0 spiro atoms. The van der Waals surface area contributed by atoms with E-state index in [1.54, 1.807) is 6.08 Å². The lowest BCUT2D eigenvalue weighted by Crippen LogP contribution is -2.65. The van der Waals surface area contributed by atoms with Gasteiger partial charge in [0.1, 0.15) is 48.8 Å². The summed E-state index contributed by atoms with van der Waals surface area (Å²) < 4.78 is 22.6. The SMILES string of the molecule is CC/C=C\C/C=C\C/C=C\C/C=C\C/C=C\C/C=C\CCCCCCCCCCCCCCCCCCC(=O)NC(COC1OC(CO)C(OC2OC(CO)C(O)C(O)C2O)C(O)C1O)C(O)/C=C/CCCCCC. The summed E-state index contributed by atoms with van der Waals surface area (Å²) >= 11 is 0. The van der Waals surface area contributed by atoms with Crippen LogP contribution < -0.4 is 5.32 Å². The number of ether oxygens (including phenoxy) is 4. The Bertz CT molecular complexity index is 1580. The lowest BCUT2D eigenvalue weighted by atomic mass is 9.97. The lowest BCUT2D eigenvalue weighted by molar-refractivity contribution is -0.359. The van der Waals surface area contributed by atoms with Crippen LogP contribution in [0.5, 0.6) is 0 Å². The van der Waals surface area contributed by atoms with Crippen molar-refractivity contribution in [2.24, 2.45) is 0 Å². The van der Waals surface area contributed by atoms with Crippen molar-refractivity contribution in [3.63, 3.8) is 0 Å². The number of aliphatic hydroxyl groups excluding tert-OH is 8. The maximum Gasteiger partial charge on any atom is 0.220 e. The molecule has 2 rings (SSSR count). The molecule has 0 radical (unpaired) electrons. The van der Waals surface area contributed by atoms with Gasteiger partial charge in [-0.3, -0.25) is 4.79 Å². The van der Waals surface area contributed by atoms with Gasteiger partial charge in [-0.15, -0.1) is 0 Å². The predicted octanol–water partition coefficient (Wildman–Crippen LogP) is 9.72. The smallest absolute Gasteiger partial charge is 0.220 e. The van der Waals surface area contributed by atoms with Gasteiger partial charge >= 0.3 is 0 Å². The first-order chi connectivity index (χ1) is 36.6. The molecule has 0 aliphatic carbocycles. The van der Waals surface area contributed by atoms with E-state index < -0.39 is 86.8 Å². The number of rotatable bonds is 45. The van der Waals surface area contributed by atoms with E-state index in [9.17, 15) is 45.6 Å². The Labute approximate surface area is 452 Å². The van der Waals surface area contributed by atoms with Gasteiger partial charge in [0.05, 0.1) is 32.0 Å². The zero-order valence-corrected chi connectivity index (χ0v) is 46.3. The number of hydrogen-bond donors (Lipinski definition) is 9. The highest BCUT2D eigenvalue weighted by molar-refractivity contribution is 5.76. The summed E-state index contributed by atoms with van der Waals surface area (Å²) in [4.78, 5) is 13.1. The van der Waals surface area contributed by atoms with Crippen molar-refractivity contribution in [1.82, 2.24) is 5.32 Å². The minimum absolute atomic E-state index is 0.248. The number of unbranched alkanes of at least 4 members (excludes halogenated alkanes) is 20.